The third-order valence-electron chi connectivity index (χ3n) is 2.91. The maximum atomic E-state index is 11.8. The van der Waals surface area contributed by atoms with Crippen LogP contribution in [0.2, 0.25) is 0 Å². The maximum absolute atomic E-state index is 11.8. The van der Waals surface area contributed by atoms with Crippen LogP contribution in [-0.2, 0) is 0 Å². The van der Waals surface area contributed by atoms with Gasteiger partial charge in [0.05, 0.1) is 0 Å². The fourth-order valence-corrected chi connectivity index (χ4v) is 1.60. The van der Waals surface area contributed by atoms with E-state index in [-0.39, 0.29) is 23.6 Å². The highest BCUT2D eigenvalue weighted by Crippen LogP contribution is 2.29. The minimum Gasteiger partial charge on any atom is -0.354 e. The number of amides is 2. The van der Waals surface area contributed by atoms with Crippen molar-refractivity contribution in [3.8, 4) is 0 Å². The van der Waals surface area contributed by atoms with Gasteiger partial charge in [-0.15, -0.1) is 0 Å². The van der Waals surface area contributed by atoms with Crippen molar-refractivity contribution in [1.82, 2.24) is 15.6 Å². The molecule has 1 saturated carbocycles. The van der Waals surface area contributed by atoms with E-state index in [9.17, 15) is 9.59 Å². The fourth-order valence-electron chi connectivity index (χ4n) is 1.60. The van der Waals surface area contributed by atoms with E-state index in [1.807, 2.05) is 0 Å². The molecular weight excluding hydrogens is 218 g/mol. The first kappa shape index (κ1) is 11.6. The van der Waals surface area contributed by atoms with E-state index in [0.717, 1.165) is 6.42 Å². The first-order chi connectivity index (χ1) is 8.11. The van der Waals surface area contributed by atoms with E-state index in [0.29, 0.717) is 11.5 Å². The van der Waals surface area contributed by atoms with Gasteiger partial charge in [0.2, 0.25) is 0 Å². The Morgan fingerprint density at radius 2 is 2.12 bits per heavy atom. The minimum absolute atomic E-state index is 0.146. The Labute approximate surface area is 99.6 Å². The van der Waals surface area contributed by atoms with Gasteiger partial charge in [-0.3, -0.25) is 14.6 Å². The molecule has 1 aliphatic rings. The number of carbonyl (C=O) groups excluding carboxylic acids is 2. The summed E-state index contributed by atoms with van der Waals surface area (Å²) in [5, 5.41) is 5.38. The molecular formula is C12H15N3O2. The smallest absolute Gasteiger partial charge is 0.269 e. The van der Waals surface area contributed by atoms with Gasteiger partial charge in [0.1, 0.15) is 5.69 Å². The standard InChI is InChI=1S/C12H15N3O2/c1-7-5-9(7)15-11(16)8-3-4-14-10(6-8)12(17)13-2/h3-4,6-7,9H,5H2,1-2H3,(H,13,17)(H,15,16)/t7-,9-/m0/s1. The lowest BCUT2D eigenvalue weighted by atomic mass is 10.2. The number of rotatable bonds is 3. The Morgan fingerprint density at radius 1 is 1.41 bits per heavy atom. The number of aromatic nitrogens is 1. The van der Waals surface area contributed by atoms with E-state index in [1.54, 1.807) is 6.07 Å². The topological polar surface area (TPSA) is 71.1 Å². The Balaban J connectivity index is 2.09. The van der Waals surface area contributed by atoms with E-state index in [4.69, 9.17) is 0 Å². The normalized spacial score (nSPS) is 21.8. The molecule has 0 aromatic carbocycles. The molecule has 0 unspecified atom stereocenters. The number of hydrogen-bond donors (Lipinski definition) is 2. The molecule has 1 heterocycles. The molecule has 2 amide bonds. The Kier molecular flexibility index (Phi) is 3.08. The molecule has 1 aromatic rings. The van der Waals surface area contributed by atoms with Crippen LogP contribution < -0.4 is 10.6 Å². The fraction of sp³-hybridized carbons (Fsp3) is 0.417. The average molecular weight is 233 g/mol. The molecule has 17 heavy (non-hydrogen) atoms. The van der Waals surface area contributed by atoms with Gasteiger partial charge in [-0.25, -0.2) is 0 Å². The number of carbonyl (C=O) groups is 2. The van der Waals surface area contributed by atoms with Gasteiger partial charge >= 0.3 is 0 Å². The largest absolute Gasteiger partial charge is 0.354 e. The van der Waals surface area contributed by atoms with Gasteiger partial charge in [0, 0.05) is 24.8 Å². The van der Waals surface area contributed by atoms with Crippen molar-refractivity contribution in [2.45, 2.75) is 19.4 Å². The molecule has 90 valence electrons. The molecule has 0 saturated heterocycles. The van der Waals surface area contributed by atoms with Crippen molar-refractivity contribution in [3.05, 3.63) is 29.6 Å². The maximum Gasteiger partial charge on any atom is 0.269 e. The van der Waals surface area contributed by atoms with Crippen LogP contribution in [0.15, 0.2) is 18.3 Å². The van der Waals surface area contributed by atoms with E-state index in [1.165, 1.54) is 19.3 Å². The Hall–Kier alpha value is -1.91. The van der Waals surface area contributed by atoms with Crippen LogP contribution in [0.5, 0.6) is 0 Å². The molecule has 0 bridgehead atoms. The summed E-state index contributed by atoms with van der Waals surface area (Å²) in [5.41, 5.74) is 0.724. The van der Waals surface area contributed by atoms with Crippen molar-refractivity contribution >= 4 is 11.8 Å². The molecule has 2 atom stereocenters. The van der Waals surface area contributed by atoms with Gasteiger partial charge in [0.25, 0.3) is 11.8 Å². The first-order valence-electron chi connectivity index (χ1n) is 5.61. The van der Waals surface area contributed by atoms with Crippen LogP contribution in [0.1, 0.15) is 34.2 Å². The molecule has 5 nitrogen and oxygen atoms in total. The molecule has 0 spiro atoms. The van der Waals surface area contributed by atoms with Gasteiger partial charge in [0.15, 0.2) is 0 Å². The van der Waals surface area contributed by atoms with E-state index < -0.39 is 0 Å². The summed E-state index contributed by atoms with van der Waals surface area (Å²) in [7, 11) is 1.53. The molecule has 1 aromatic heterocycles. The zero-order valence-corrected chi connectivity index (χ0v) is 9.86. The minimum atomic E-state index is -0.292. The van der Waals surface area contributed by atoms with Crippen molar-refractivity contribution in [1.29, 1.82) is 0 Å². The lowest BCUT2D eigenvalue weighted by molar-refractivity contribution is 0.0949. The highest BCUT2D eigenvalue weighted by atomic mass is 16.2. The summed E-state index contributed by atoms with van der Waals surface area (Å²) in [6, 6.07) is 3.38. The predicted octanol–water partition coefficient (Wildman–Crippen LogP) is 0.579. The first-order valence-corrected chi connectivity index (χ1v) is 5.61. The second-order valence-electron chi connectivity index (χ2n) is 4.30. The Bertz CT molecular complexity index is 459. The molecule has 5 heteroatoms. The highest BCUT2D eigenvalue weighted by Gasteiger charge is 2.34. The number of pyridine rings is 1. The van der Waals surface area contributed by atoms with Gasteiger partial charge in [-0.2, -0.15) is 0 Å². The molecule has 0 radical (unpaired) electrons. The summed E-state index contributed by atoms with van der Waals surface area (Å²) >= 11 is 0. The average Bonchev–Trinajstić information content (AvgIpc) is 3.04. The van der Waals surface area contributed by atoms with Crippen LogP contribution in [0.3, 0.4) is 0 Å². The summed E-state index contributed by atoms with van der Waals surface area (Å²) in [6.45, 7) is 2.09. The third kappa shape index (κ3) is 2.61. The van der Waals surface area contributed by atoms with Crippen molar-refractivity contribution in [2.75, 3.05) is 7.05 Å². The predicted molar refractivity (Wildman–Crippen MR) is 62.7 cm³/mol. The lowest BCUT2D eigenvalue weighted by Gasteiger charge is -2.05. The molecule has 2 rings (SSSR count). The SMILES string of the molecule is CNC(=O)c1cc(C(=O)N[C@H]2C[C@@H]2C)ccn1. The van der Waals surface area contributed by atoms with Crippen LogP contribution in [0.25, 0.3) is 0 Å². The van der Waals surface area contributed by atoms with Crippen LogP contribution in [0, 0.1) is 5.92 Å². The molecule has 0 aliphatic heterocycles. The van der Waals surface area contributed by atoms with Crippen LogP contribution in [0.4, 0.5) is 0 Å². The van der Waals surface area contributed by atoms with Gasteiger partial charge in [-0.1, -0.05) is 6.92 Å². The zero-order valence-electron chi connectivity index (χ0n) is 9.86. The zero-order chi connectivity index (χ0) is 12.4. The quantitative estimate of drug-likeness (QED) is 0.802. The van der Waals surface area contributed by atoms with Crippen LogP contribution in [-0.4, -0.2) is 29.9 Å². The second-order valence-corrected chi connectivity index (χ2v) is 4.30. The monoisotopic (exact) mass is 233 g/mol. The number of nitrogens with one attached hydrogen (secondary N) is 2. The van der Waals surface area contributed by atoms with Gasteiger partial charge in [-0.05, 0) is 24.5 Å². The number of hydrogen-bond acceptors (Lipinski definition) is 3. The van der Waals surface area contributed by atoms with Crippen LogP contribution >= 0.6 is 0 Å². The molecule has 1 fully saturated rings. The lowest BCUT2D eigenvalue weighted by Crippen LogP contribution is -2.27. The Morgan fingerprint density at radius 3 is 2.71 bits per heavy atom. The van der Waals surface area contributed by atoms with Crippen molar-refractivity contribution < 1.29 is 9.59 Å². The summed E-state index contributed by atoms with van der Waals surface area (Å²) in [4.78, 5) is 27.1. The van der Waals surface area contributed by atoms with Crippen molar-refractivity contribution in [2.24, 2.45) is 5.92 Å². The van der Waals surface area contributed by atoms with Crippen molar-refractivity contribution in [3.63, 3.8) is 0 Å². The van der Waals surface area contributed by atoms with E-state index in [2.05, 4.69) is 22.5 Å². The highest BCUT2D eigenvalue weighted by molar-refractivity contribution is 5.98. The number of nitrogens with zero attached hydrogens (tertiary/aromatic N) is 1. The third-order valence-corrected chi connectivity index (χ3v) is 2.91. The van der Waals surface area contributed by atoms with E-state index >= 15 is 0 Å². The van der Waals surface area contributed by atoms with Gasteiger partial charge < -0.3 is 10.6 Å². The molecule has 1 aliphatic carbocycles. The summed E-state index contributed by atoms with van der Waals surface area (Å²) in [5.74, 6) is 0.116. The molecule has 2 N–H and O–H groups in total. The summed E-state index contributed by atoms with van der Waals surface area (Å²) in [6.07, 6.45) is 2.49. The second kappa shape index (κ2) is 4.53. The summed E-state index contributed by atoms with van der Waals surface area (Å²) < 4.78 is 0.